The van der Waals surface area contributed by atoms with Gasteiger partial charge in [-0.05, 0) is 6.42 Å². The van der Waals surface area contributed by atoms with E-state index >= 15 is 0 Å². The molecule has 0 radical (unpaired) electrons. The lowest BCUT2D eigenvalue weighted by Crippen LogP contribution is -2.37. The molecule has 1 heterocycles. The fraction of sp³-hybridized carbons (Fsp3) is 1.00. The van der Waals surface area contributed by atoms with Gasteiger partial charge in [0, 0.05) is 21.3 Å². The largest absolute Gasteiger partial charge is 0.382 e. The van der Waals surface area contributed by atoms with E-state index in [1.165, 1.54) is 0 Å². The van der Waals surface area contributed by atoms with Crippen LogP contribution in [0.4, 0.5) is 0 Å². The molecule has 0 bridgehead atoms. The molecule has 1 aliphatic heterocycles. The minimum Gasteiger partial charge on any atom is -0.382 e. The van der Waals surface area contributed by atoms with Crippen LogP contribution in [-0.4, -0.2) is 52.4 Å². The first-order valence-corrected chi connectivity index (χ1v) is 4.98. The van der Waals surface area contributed by atoms with Crippen LogP contribution in [0.5, 0.6) is 0 Å². The molecule has 84 valence electrons. The van der Waals surface area contributed by atoms with Gasteiger partial charge in [0.1, 0.15) is 18.3 Å². The number of methoxy groups -OCH3 is 3. The highest BCUT2D eigenvalue weighted by Crippen LogP contribution is 2.27. The summed E-state index contributed by atoms with van der Waals surface area (Å²) in [6.07, 6.45) is 1.03. The minimum absolute atomic E-state index is 0.0140. The normalized spacial score (nSPS) is 37.7. The van der Waals surface area contributed by atoms with Gasteiger partial charge in [-0.25, -0.2) is 0 Å². The fourth-order valence-corrected chi connectivity index (χ4v) is 2.00. The summed E-state index contributed by atoms with van der Waals surface area (Å²) in [7, 11) is 5.04. The monoisotopic (exact) mass is 204 g/mol. The molecule has 0 unspecified atom stereocenters. The molecule has 14 heavy (non-hydrogen) atoms. The SMILES string of the molecule is CC[C@@H]1O[C@H](COC)[C@@H](OC)[C@H]1OC. The third-order valence-electron chi connectivity index (χ3n) is 2.68. The average molecular weight is 204 g/mol. The van der Waals surface area contributed by atoms with Crippen LogP contribution >= 0.6 is 0 Å². The molecule has 1 fully saturated rings. The molecule has 0 aromatic heterocycles. The van der Waals surface area contributed by atoms with Crippen molar-refractivity contribution in [2.24, 2.45) is 0 Å². The zero-order valence-electron chi connectivity index (χ0n) is 9.36. The lowest BCUT2D eigenvalue weighted by Gasteiger charge is -2.20. The summed E-state index contributed by atoms with van der Waals surface area (Å²) >= 11 is 0. The molecule has 1 aliphatic rings. The smallest absolute Gasteiger partial charge is 0.114 e. The molecule has 0 amide bonds. The summed E-state index contributed by atoms with van der Waals surface area (Å²) in [5.41, 5.74) is 0. The van der Waals surface area contributed by atoms with Crippen molar-refractivity contribution in [3.63, 3.8) is 0 Å². The third kappa shape index (κ3) is 2.25. The lowest BCUT2D eigenvalue weighted by atomic mass is 10.1. The highest BCUT2D eigenvalue weighted by molar-refractivity contribution is 4.92. The Hall–Kier alpha value is -0.160. The topological polar surface area (TPSA) is 36.9 Å². The fourth-order valence-electron chi connectivity index (χ4n) is 2.00. The Morgan fingerprint density at radius 1 is 1.00 bits per heavy atom. The van der Waals surface area contributed by atoms with Gasteiger partial charge in [0.25, 0.3) is 0 Å². The predicted molar refractivity (Wildman–Crippen MR) is 52.4 cm³/mol. The van der Waals surface area contributed by atoms with Crippen molar-refractivity contribution in [2.75, 3.05) is 27.9 Å². The molecule has 4 nitrogen and oxygen atoms in total. The van der Waals surface area contributed by atoms with Gasteiger partial charge >= 0.3 is 0 Å². The molecule has 1 saturated heterocycles. The molecule has 0 N–H and O–H groups in total. The molecule has 4 heteroatoms. The van der Waals surface area contributed by atoms with E-state index in [1.54, 1.807) is 21.3 Å². The van der Waals surface area contributed by atoms with Crippen molar-refractivity contribution >= 4 is 0 Å². The van der Waals surface area contributed by atoms with Crippen LogP contribution in [0.3, 0.4) is 0 Å². The molecule has 0 spiro atoms. The maximum Gasteiger partial charge on any atom is 0.114 e. The quantitative estimate of drug-likeness (QED) is 0.665. The zero-order chi connectivity index (χ0) is 10.6. The van der Waals surface area contributed by atoms with E-state index in [2.05, 4.69) is 6.92 Å². The Morgan fingerprint density at radius 2 is 1.57 bits per heavy atom. The first-order chi connectivity index (χ1) is 6.78. The first kappa shape index (κ1) is 11.9. The van der Waals surface area contributed by atoms with Crippen LogP contribution in [0, 0.1) is 0 Å². The van der Waals surface area contributed by atoms with Gasteiger partial charge in [-0.15, -0.1) is 0 Å². The summed E-state index contributed by atoms with van der Waals surface area (Å²) in [5, 5.41) is 0. The first-order valence-electron chi connectivity index (χ1n) is 4.98. The van der Waals surface area contributed by atoms with Gasteiger partial charge in [0.05, 0.1) is 12.7 Å². The van der Waals surface area contributed by atoms with Crippen molar-refractivity contribution in [3.05, 3.63) is 0 Å². The highest BCUT2D eigenvalue weighted by Gasteiger charge is 2.44. The standard InChI is InChI=1S/C10H20O4/c1-5-7-9(12-3)10(13-4)8(14-7)6-11-2/h7-10H,5-6H2,1-4H3/t7-,8+,9-,10+/m0/s1. The third-order valence-corrected chi connectivity index (χ3v) is 2.68. The second kappa shape index (κ2) is 5.66. The number of rotatable bonds is 5. The van der Waals surface area contributed by atoms with Gasteiger partial charge in [-0.2, -0.15) is 0 Å². The van der Waals surface area contributed by atoms with Crippen molar-refractivity contribution in [1.82, 2.24) is 0 Å². The van der Waals surface area contributed by atoms with Crippen LogP contribution < -0.4 is 0 Å². The summed E-state index contributed by atoms with van der Waals surface area (Å²) < 4.78 is 21.6. The van der Waals surface area contributed by atoms with E-state index in [4.69, 9.17) is 18.9 Å². The van der Waals surface area contributed by atoms with Crippen LogP contribution in [0.15, 0.2) is 0 Å². The van der Waals surface area contributed by atoms with Crippen molar-refractivity contribution in [1.29, 1.82) is 0 Å². The van der Waals surface area contributed by atoms with E-state index in [-0.39, 0.29) is 24.4 Å². The second-order valence-electron chi connectivity index (χ2n) is 3.48. The van der Waals surface area contributed by atoms with E-state index < -0.39 is 0 Å². The van der Waals surface area contributed by atoms with Crippen molar-refractivity contribution < 1.29 is 18.9 Å². The van der Waals surface area contributed by atoms with Gasteiger partial charge in [0.15, 0.2) is 0 Å². The minimum atomic E-state index is -0.0232. The molecule has 4 atom stereocenters. The molecule has 0 aliphatic carbocycles. The van der Waals surface area contributed by atoms with Crippen molar-refractivity contribution in [3.8, 4) is 0 Å². The second-order valence-corrected chi connectivity index (χ2v) is 3.48. The van der Waals surface area contributed by atoms with Gasteiger partial charge in [-0.3, -0.25) is 0 Å². The summed E-state index contributed by atoms with van der Waals surface area (Å²) in [6, 6.07) is 0. The van der Waals surface area contributed by atoms with Gasteiger partial charge < -0.3 is 18.9 Å². The maximum absolute atomic E-state index is 5.78. The Bertz CT molecular complexity index is 162. The van der Waals surface area contributed by atoms with E-state index in [0.29, 0.717) is 6.61 Å². The van der Waals surface area contributed by atoms with Crippen LogP contribution in [-0.2, 0) is 18.9 Å². The zero-order valence-corrected chi connectivity index (χ0v) is 9.36. The van der Waals surface area contributed by atoms with E-state index in [1.807, 2.05) is 0 Å². The Kier molecular flexibility index (Phi) is 4.81. The summed E-state index contributed by atoms with van der Waals surface area (Å²) in [5.74, 6) is 0. The molecular weight excluding hydrogens is 184 g/mol. The predicted octanol–water partition coefficient (Wildman–Crippen LogP) is 0.840. The summed E-state index contributed by atoms with van der Waals surface area (Å²) in [4.78, 5) is 0. The average Bonchev–Trinajstić information content (AvgIpc) is 2.55. The number of hydrogen-bond acceptors (Lipinski definition) is 4. The van der Waals surface area contributed by atoms with Crippen LogP contribution in [0.25, 0.3) is 0 Å². The number of ether oxygens (including phenoxy) is 4. The number of hydrogen-bond donors (Lipinski definition) is 0. The maximum atomic E-state index is 5.78. The van der Waals surface area contributed by atoms with E-state index in [0.717, 1.165) is 6.42 Å². The molecule has 0 aromatic rings. The Morgan fingerprint density at radius 3 is 2.00 bits per heavy atom. The van der Waals surface area contributed by atoms with E-state index in [9.17, 15) is 0 Å². The van der Waals surface area contributed by atoms with Gasteiger partial charge in [-0.1, -0.05) is 6.92 Å². The van der Waals surface area contributed by atoms with Gasteiger partial charge in [0.2, 0.25) is 0 Å². The molecule has 1 rings (SSSR count). The Balaban J connectivity index is 2.62. The molecule has 0 saturated carbocycles. The van der Waals surface area contributed by atoms with Crippen molar-refractivity contribution in [2.45, 2.75) is 37.8 Å². The lowest BCUT2D eigenvalue weighted by molar-refractivity contribution is -0.0478. The van der Waals surface area contributed by atoms with Crippen LogP contribution in [0.1, 0.15) is 13.3 Å². The Labute approximate surface area is 85.5 Å². The highest BCUT2D eigenvalue weighted by atomic mass is 16.6. The summed E-state index contributed by atoms with van der Waals surface area (Å²) in [6.45, 7) is 2.63. The molecular formula is C10H20O4. The molecule has 0 aromatic carbocycles. The van der Waals surface area contributed by atoms with Crippen LogP contribution in [0.2, 0.25) is 0 Å².